The summed E-state index contributed by atoms with van der Waals surface area (Å²) in [5.41, 5.74) is 0.968. The van der Waals surface area contributed by atoms with Gasteiger partial charge in [0, 0.05) is 35.9 Å². The fraction of sp³-hybridized carbons (Fsp3) is 0.615. The molecule has 178 valence electrons. The molecule has 1 spiro atoms. The van der Waals surface area contributed by atoms with Crippen molar-refractivity contribution in [1.29, 1.82) is 0 Å². The molecule has 2 aliphatic carbocycles. The van der Waals surface area contributed by atoms with E-state index in [9.17, 15) is 19.8 Å². The summed E-state index contributed by atoms with van der Waals surface area (Å²) in [7, 11) is 2.04. The first kappa shape index (κ1) is 22.6. The number of Topliss-reactive ketones (excluding diaryl/α,β-unsaturated/α-hetero) is 1. The van der Waals surface area contributed by atoms with Gasteiger partial charge in [0.2, 0.25) is 0 Å². The zero-order chi connectivity index (χ0) is 23.7. The lowest BCUT2D eigenvalue weighted by atomic mass is 9.50. The Morgan fingerprint density at radius 1 is 1.30 bits per heavy atom. The number of piperidine rings is 1. The van der Waals surface area contributed by atoms with Gasteiger partial charge >= 0.3 is 5.97 Å². The topological polar surface area (TPSA) is 96.3 Å². The molecule has 1 fully saturated rings. The fourth-order valence-electron chi connectivity index (χ4n) is 6.47. The maximum Gasteiger partial charge on any atom is 0.314 e. The molecule has 2 unspecified atom stereocenters. The Morgan fingerprint density at radius 2 is 2.06 bits per heavy atom. The molecule has 2 aliphatic heterocycles. The van der Waals surface area contributed by atoms with E-state index in [1.807, 2.05) is 33.0 Å². The fourth-order valence-corrected chi connectivity index (χ4v) is 6.47. The maximum absolute atomic E-state index is 12.9. The predicted molar refractivity (Wildman–Crippen MR) is 121 cm³/mol. The lowest BCUT2D eigenvalue weighted by molar-refractivity contribution is -0.170. The summed E-state index contributed by atoms with van der Waals surface area (Å²) in [5, 5.41) is 22.1. The number of hydrogen-bond acceptors (Lipinski definition) is 7. The van der Waals surface area contributed by atoms with E-state index in [1.165, 1.54) is 0 Å². The Balaban J connectivity index is 1.54. The van der Waals surface area contributed by atoms with Crippen LogP contribution in [0, 0.1) is 11.8 Å². The Kier molecular flexibility index (Phi) is 5.23. The van der Waals surface area contributed by atoms with E-state index >= 15 is 0 Å². The summed E-state index contributed by atoms with van der Waals surface area (Å²) in [4.78, 5) is 27.3. The number of benzene rings is 1. The van der Waals surface area contributed by atoms with Crippen molar-refractivity contribution in [2.75, 3.05) is 13.6 Å². The zero-order valence-electron chi connectivity index (χ0n) is 19.8. The lowest BCUT2D eigenvalue weighted by Crippen LogP contribution is -2.74. The van der Waals surface area contributed by atoms with E-state index in [2.05, 4.69) is 4.90 Å². The van der Waals surface area contributed by atoms with Crippen LogP contribution in [-0.2, 0) is 32.8 Å². The van der Waals surface area contributed by atoms with Crippen LogP contribution in [0.15, 0.2) is 24.0 Å². The van der Waals surface area contributed by atoms with Gasteiger partial charge in [-0.1, -0.05) is 32.9 Å². The highest BCUT2D eigenvalue weighted by Gasteiger charge is 2.71. The van der Waals surface area contributed by atoms with Crippen LogP contribution in [0.1, 0.15) is 56.7 Å². The van der Waals surface area contributed by atoms with Crippen molar-refractivity contribution in [1.82, 2.24) is 4.90 Å². The molecule has 7 nitrogen and oxygen atoms in total. The van der Waals surface area contributed by atoms with Crippen LogP contribution in [0.2, 0.25) is 0 Å². The van der Waals surface area contributed by atoms with Crippen LogP contribution in [0.4, 0.5) is 0 Å². The van der Waals surface area contributed by atoms with Gasteiger partial charge in [-0.2, -0.15) is 0 Å². The van der Waals surface area contributed by atoms with Gasteiger partial charge in [0.15, 0.2) is 6.10 Å². The second kappa shape index (κ2) is 7.65. The summed E-state index contributed by atoms with van der Waals surface area (Å²) >= 11 is 0. The van der Waals surface area contributed by atoms with Crippen LogP contribution in [0.3, 0.4) is 0 Å². The van der Waals surface area contributed by atoms with Gasteiger partial charge in [0.25, 0.3) is 0 Å². The highest BCUT2D eigenvalue weighted by molar-refractivity contribution is 5.85. The molecule has 1 aromatic carbocycles. The number of ketones is 1. The maximum atomic E-state index is 12.9. The van der Waals surface area contributed by atoms with Gasteiger partial charge in [-0.05, 0) is 38.1 Å². The van der Waals surface area contributed by atoms with Crippen molar-refractivity contribution in [3.63, 3.8) is 0 Å². The van der Waals surface area contributed by atoms with Crippen molar-refractivity contribution in [2.24, 2.45) is 11.8 Å². The van der Waals surface area contributed by atoms with Crippen molar-refractivity contribution >= 4 is 11.8 Å². The van der Waals surface area contributed by atoms with E-state index < -0.39 is 29.0 Å². The molecule has 2 bridgehead atoms. The summed E-state index contributed by atoms with van der Waals surface area (Å²) in [6, 6.07) is 3.84. The summed E-state index contributed by atoms with van der Waals surface area (Å²) < 4.78 is 12.3. The first-order chi connectivity index (χ1) is 15.6. The average molecular weight is 456 g/mol. The predicted octanol–water partition coefficient (Wildman–Crippen LogP) is 2.25. The molecule has 0 saturated carbocycles. The molecular formula is C26H33NO6. The minimum Gasteiger partial charge on any atom is -0.481 e. The summed E-state index contributed by atoms with van der Waals surface area (Å²) in [5.74, 6) is -0.109. The van der Waals surface area contributed by atoms with E-state index in [4.69, 9.17) is 9.47 Å². The van der Waals surface area contributed by atoms with Crippen LogP contribution in [0.5, 0.6) is 5.75 Å². The van der Waals surface area contributed by atoms with Crippen molar-refractivity contribution < 1.29 is 29.3 Å². The number of carbonyl (C=O) groups is 2. The number of likely N-dealkylation sites (N-methyl/N-ethyl adjacent to an activating group) is 1. The molecule has 7 heteroatoms. The third-order valence-electron chi connectivity index (χ3n) is 8.40. The smallest absolute Gasteiger partial charge is 0.314 e. The lowest BCUT2D eigenvalue weighted by Gasteiger charge is -2.61. The first-order valence-electron chi connectivity index (χ1n) is 11.9. The molecule has 0 radical (unpaired) electrons. The third-order valence-corrected chi connectivity index (χ3v) is 8.40. The minimum atomic E-state index is -1.06. The highest BCUT2D eigenvalue weighted by atomic mass is 16.6. The number of nitrogens with zero attached hydrogens (tertiary/aromatic N) is 1. The molecule has 33 heavy (non-hydrogen) atoms. The van der Waals surface area contributed by atoms with E-state index in [0.717, 1.165) is 17.7 Å². The molecule has 2 heterocycles. The van der Waals surface area contributed by atoms with Gasteiger partial charge in [0.05, 0.1) is 23.5 Å². The largest absolute Gasteiger partial charge is 0.481 e. The number of hydrogen-bond donors (Lipinski definition) is 2. The first-order valence-corrected chi connectivity index (χ1v) is 11.9. The van der Waals surface area contributed by atoms with Gasteiger partial charge in [-0.15, -0.1) is 0 Å². The number of aliphatic hydroxyl groups is 2. The van der Waals surface area contributed by atoms with Gasteiger partial charge < -0.3 is 24.6 Å². The van der Waals surface area contributed by atoms with Crippen LogP contribution < -0.4 is 4.74 Å². The zero-order valence-corrected chi connectivity index (χ0v) is 19.8. The van der Waals surface area contributed by atoms with E-state index in [-0.39, 0.29) is 30.8 Å². The normalized spacial score (nSPS) is 32.6. The van der Waals surface area contributed by atoms with Crippen LogP contribution in [-0.4, -0.2) is 58.2 Å². The quantitative estimate of drug-likeness (QED) is 0.635. The molecular weight excluding hydrogens is 422 g/mol. The number of carbonyl (C=O) groups excluding carboxylic acids is 2. The number of rotatable bonds is 6. The molecule has 1 aromatic rings. The Hall–Kier alpha value is -2.22. The summed E-state index contributed by atoms with van der Waals surface area (Å²) in [6.07, 6.45) is 3.00. The molecule has 5 atom stereocenters. The SMILES string of the molecule is CC(C)C(=O)C[C@@H](C)C(=O)OC1=CC[C@@]2(O)[C@H]3Cc4ccc(CO)c5c4C2(CCN3C)C1O5. The van der Waals surface area contributed by atoms with Crippen molar-refractivity contribution in [2.45, 2.75) is 76.2 Å². The monoisotopic (exact) mass is 455 g/mol. The van der Waals surface area contributed by atoms with Crippen molar-refractivity contribution in [3.05, 3.63) is 40.7 Å². The van der Waals surface area contributed by atoms with Gasteiger partial charge in [-0.25, -0.2) is 0 Å². The number of aliphatic hydroxyl groups excluding tert-OH is 1. The number of likely N-dealkylation sites (tertiary alicyclic amines) is 1. The standard InChI is InChI=1S/C26H33NO6/c1-14(2)18(29)11-15(3)24(30)32-19-7-8-26(31)20-12-16-5-6-17(13-28)22-21(16)25(26,23(19)33-22)9-10-27(20)4/h5-7,14-15,20,23,28,31H,8-13H2,1-4H3/t15-,20-,23?,25?,26-/m1/s1. The Labute approximate surface area is 194 Å². The number of esters is 1. The van der Waals surface area contributed by atoms with Crippen LogP contribution in [0.25, 0.3) is 0 Å². The number of ether oxygens (including phenoxy) is 2. The second-order valence-electron chi connectivity index (χ2n) is 10.5. The molecule has 4 aliphatic rings. The molecule has 5 rings (SSSR count). The van der Waals surface area contributed by atoms with Crippen molar-refractivity contribution in [3.8, 4) is 5.75 Å². The molecule has 0 aromatic heterocycles. The highest BCUT2D eigenvalue weighted by Crippen LogP contribution is 2.64. The Bertz CT molecular complexity index is 1050. The molecule has 2 N–H and O–H groups in total. The molecule has 1 saturated heterocycles. The van der Waals surface area contributed by atoms with E-state index in [0.29, 0.717) is 36.3 Å². The van der Waals surface area contributed by atoms with Gasteiger partial charge in [0.1, 0.15) is 17.3 Å². The summed E-state index contributed by atoms with van der Waals surface area (Å²) in [6.45, 7) is 5.97. The third kappa shape index (κ3) is 2.98. The minimum absolute atomic E-state index is 0.0252. The van der Waals surface area contributed by atoms with E-state index in [1.54, 1.807) is 13.0 Å². The second-order valence-corrected chi connectivity index (χ2v) is 10.5. The van der Waals surface area contributed by atoms with Gasteiger partial charge in [-0.3, -0.25) is 9.59 Å². The Morgan fingerprint density at radius 3 is 2.76 bits per heavy atom. The molecule has 0 amide bonds. The van der Waals surface area contributed by atoms with Crippen LogP contribution >= 0.6 is 0 Å². The average Bonchev–Trinajstić information content (AvgIpc) is 3.13.